The summed E-state index contributed by atoms with van der Waals surface area (Å²) in [5.41, 5.74) is -1.40. The van der Waals surface area contributed by atoms with Crippen LogP contribution in [-0.4, -0.2) is 317 Å². The van der Waals surface area contributed by atoms with Gasteiger partial charge in [0.2, 0.25) is 5.79 Å². The van der Waals surface area contributed by atoms with Crippen molar-refractivity contribution in [1.82, 2.24) is 0 Å². The van der Waals surface area contributed by atoms with Crippen LogP contribution >= 0.6 is 0 Å². The maximum atomic E-state index is 12.9. The van der Waals surface area contributed by atoms with E-state index < -0.39 is 198 Å². The summed E-state index contributed by atoms with van der Waals surface area (Å²) in [5.74, 6) is -0.972. The van der Waals surface area contributed by atoms with Crippen molar-refractivity contribution < 1.29 is 144 Å². The minimum Gasteiger partial charge on any atom is -0.394 e. The van der Waals surface area contributed by atoms with Crippen LogP contribution in [0.2, 0.25) is 0 Å². The van der Waals surface area contributed by atoms with Crippen molar-refractivity contribution in [2.45, 2.75) is 250 Å². The van der Waals surface area contributed by atoms with Gasteiger partial charge in [-0.3, -0.25) is 4.99 Å². The maximum Gasteiger partial charge on any atom is 0.211 e. The molecule has 36 atom stereocenters. The van der Waals surface area contributed by atoms with E-state index in [1.54, 1.807) is 0 Å². The lowest BCUT2D eigenvalue weighted by atomic mass is 9.44. The first-order chi connectivity index (χ1) is 41.3. The minimum atomic E-state index is -2.04. The predicted octanol–water partition coefficient (Wildman–Crippen LogP) is -6.68. The molecule has 7 heterocycles. The highest BCUT2D eigenvalue weighted by Crippen LogP contribution is 2.70. The summed E-state index contributed by atoms with van der Waals surface area (Å²) in [6.45, 7) is 2.99. The van der Waals surface area contributed by atoms with E-state index in [1.807, 2.05) is 6.92 Å². The van der Waals surface area contributed by atoms with Crippen LogP contribution in [0.1, 0.15) is 78.6 Å². The van der Waals surface area contributed by atoms with Gasteiger partial charge in [0.05, 0.1) is 51.8 Å². The summed E-state index contributed by atoms with van der Waals surface area (Å²) < 4.78 is 72.8. The fraction of sp³-hybridized carbons (Fsp3) is 0.982. The zero-order valence-corrected chi connectivity index (χ0v) is 49.2. The number of nitrogens with zero attached hydrogens (tertiary/aromatic N) is 1. The van der Waals surface area contributed by atoms with Crippen molar-refractivity contribution >= 4 is 5.71 Å². The van der Waals surface area contributed by atoms with E-state index in [0.29, 0.717) is 36.8 Å². The molecule has 0 aromatic heterocycles. The summed E-state index contributed by atoms with van der Waals surface area (Å²) in [6.07, 6.45) is -35.3. The smallest absolute Gasteiger partial charge is 0.211 e. The SMILES string of the molecule is CO[C@@]12C[C@H](CO[C@@H]3O[C@H](CO)[C@@H](O)[C@H](O)[C@H]3O)CN=C1[C@@](C)(O)[C@H]1[C@H](C[C@@H]3[C@@H]4CC[C@H]5C[C@@H](O[C@@H]6O[C@H](CO)[C@H](O[C@@H]7O[C@H](CO)[C@@H](O)[C@H](O[C@@H]8OC[C@@H](O)[C@H](O)[C@H]8O)[C@H]7O[C@@H]7O[C@H](CO)[C@@H](O)[C@H](O)[C@H]7O)[C@H](O)[C@H]6O)CC[C@]5(C)[C@H]4CC[C@@]31C)O2. The zero-order chi connectivity index (χ0) is 62.6. The number of fused-ring (bicyclic) bond motifs is 8. The number of methoxy groups -OCH3 is 1. The van der Waals surface area contributed by atoms with Gasteiger partial charge >= 0.3 is 0 Å². The highest BCUT2D eigenvalue weighted by Gasteiger charge is 2.72. The Morgan fingerprint density at radius 2 is 1.09 bits per heavy atom. The maximum absolute atomic E-state index is 12.9. The Balaban J connectivity index is 0.745. The van der Waals surface area contributed by atoms with Crippen LogP contribution < -0.4 is 0 Å². The molecular formula is C57H93NO29. The van der Waals surface area contributed by atoms with Gasteiger partial charge in [-0.15, -0.1) is 0 Å². The van der Waals surface area contributed by atoms with Crippen LogP contribution in [0.15, 0.2) is 4.99 Å². The number of ether oxygens (including phenoxy) is 12. The first-order valence-corrected chi connectivity index (χ1v) is 30.9. The fourth-order valence-electron chi connectivity index (χ4n) is 17.7. The van der Waals surface area contributed by atoms with Crippen molar-refractivity contribution in [2.24, 2.45) is 51.3 Å². The number of aliphatic hydroxyl groups excluding tert-OH is 16. The summed E-state index contributed by atoms with van der Waals surface area (Å²) in [5, 5.41) is 184. The van der Waals surface area contributed by atoms with Crippen molar-refractivity contribution in [3.05, 3.63) is 0 Å². The molecular weight excluding hydrogens is 1160 g/mol. The van der Waals surface area contributed by atoms with Gasteiger partial charge in [0.1, 0.15) is 127 Å². The second kappa shape index (κ2) is 26.0. The van der Waals surface area contributed by atoms with Gasteiger partial charge < -0.3 is 144 Å². The molecule has 87 heavy (non-hydrogen) atoms. The van der Waals surface area contributed by atoms with Crippen molar-refractivity contribution in [2.75, 3.05) is 53.3 Å². The van der Waals surface area contributed by atoms with E-state index in [9.17, 15) is 86.8 Å². The van der Waals surface area contributed by atoms with Crippen LogP contribution in [0.3, 0.4) is 0 Å². The molecule has 500 valence electrons. The van der Waals surface area contributed by atoms with Gasteiger partial charge in [0.15, 0.2) is 31.5 Å². The molecule has 4 aliphatic carbocycles. The molecule has 0 aromatic carbocycles. The van der Waals surface area contributed by atoms with Gasteiger partial charge in [0, 0.05) is 31.9 Å². The molecule has 11 rings (SSSR count). The van der Waals surface area contributed by atoms with Gasteiger partial charge in [0.25, 0.3) is 0 Å². The molecule has 0 spiro atoms. The third kappa shape index (κ3) is 11.7. The second-order valence-corrected chi connectivity index (χ2v) is 27.2. The van der Waals surface area contributed by atoms with Crippen molar-refractivity contribution in [1.29, 1.82) is 0 Å². The Hall–Kier alpha value is -1.49. The lowest BCUT2D eigenvalue weighted by Crippen LogP contribution is -2.69. The third-order valence-electron chi connectivity index (χ3n) is 22.3. The van der Waals surface area contributed by atoms with E-state index in [0.717, 1.165) is 32.1 Å². The fourth-order valence-corrected chi connectivity index (χ4v) is 17.7. The number of hydrogen-bond acceptors (Lipinski definition) is 30. The number of aliphatic imine (C=N–C) groups is 1. The molecule has 0 amide bonds. The number of aliphatic hydroxyl groups is 17. The van der Waals surface area contributed by atoms with Gasteiger partial charge in [-0.2, -0.15) is 0 Å². The van der Waals surface area contributed by atoms with Crippen LogP contribution in [-0.2, 0) is 56.8 Å². The van der Waals surface area contributed by atoms with Crippen molar-refractivity contribution in [3.63, 3.8) is 0 Å². The molecule has 0 unspecified atom stereocenters. The summed E-state index contributed by atoms with van der Waals surface area (Å²) in [6, 6.07) is 0. The molecule has 30 heteroatoms. The van der Waals surface area contributed by atoms with Crippen LogP contribution in [0.4, 0.5) is 0 Å². The normalized spacial score (nSPS) is 56.1. The number of rotatable bonds is 16. The quantitative estimate of drug-likeness (QED) is 0.0639. The Bertz CT molecular complexity index is 2340. The molecule has 17 N–H and O–H groups in total. The second-order valence-electron chi connectivity index (χ2n) is 27.2. The van der Waals surface area contributed by atoms with E-state index in [1.165, 1.54) is 7.11 Å². The average molecular weight is 1260 g/mol. The molecule has 0 bridgehead atoms. The zero-order valence-electron chi connectivity index (χ0n) is 49.2. The van der Waals surface area contributed by atoms with Crippen LogP contribution in [0, 0.1) is 46.3 Å². The predicted molar refractivity (Wildman–Crippen MR) is 286 cm³/mol. The molecule has 0 radical (unpaired) electrons. The highest BCUT2D eigenvalue weighted by molar-refractivity contribution is 6.00. The first-order valence-electron chi connectivity index (χ1n) is 30.9. The molecule has 10 fully saturated rings. The minimum absolute atomic E-state index is 0.00847. The molecule has 11 aliphatic rings. The van der Waals surface area contributed by atoms with Crippen LogP contribution in [0.25, 0.3) is 0 Å². The molecule has 6 saturated heterocycles. The average Bonchev–Trinajstić information content (AvgIpc) is 1.59. The molecule has 4 saturated carbocycles. The summed E-state index contributed by atoms with van der Waals surface area (Å²) >= 11 is 0. The van der Waals surface area contributed by atoms with E-state index in [2.05, 4.69) is 13.8 Å². The van der Waals surface area contributed by atoms with Gasteiger partial charge in [-0.05, 0) is 92.8 Å². The summed E-state index contributed by atoms with van der Waals surface area (Å²) in [4.78, 5) is 4.96. The first kappa shape index (κ1) is 66.9. The third-order valence-corrected chi connectivity index (χ3v) is 22.3. The Labute approximate surface area is 502 Å². The van der Waals surface area contributed by atoms with Crippen LogP contribution in [0.5, 0.6) is 0 Å². The van der Waals surface area contributed by atoms with Gasteiger partial charge in [-0.25, -0.2) is 0 Å². The Morgan fingerprint density at radius 3 is 1.76 bits per heavy atom. The standard InChI is InChI=1S/C57H93NO29/c1-54-9-7-23(11-22(54)5-6-24-25(54)8-10-55(2)26(24)12-28-47(55)56(3,75)53-57(76-4,87-28)13-21(14-58-53)19-77-48-41(72)37(68)34(65)29(15-59)80-48)79-50-43(74)39(70)44(32(18-62)83-50)84-52-46(86-51-42(73)38(69)35(66)30(16-60)81-51)45(36(67)31(17-61)82-52)85-49-40(71)33(64)27(63)20-78-49/h21-52,59-75H,5-20H2,1-4H3/t21-,22-,23-,24+,25-,26+,27+,28-,29+,30+,31+,32+,33-,34+,35+,36+,37-,38-,39+,40+,41+,42+,43+,44-,45-,46+,47-,48+,49-,50+,51-,52-,54-,55-,56-,57+/m0/s1. The topological polar surface area (TPSA) is 467 Å². The highest BCUT2D eigenvalue weighted by atomic mass is 16.8. The Morgan fingerprint density at radius 1 is 0.529 bits per heavy atom. The largest absolute Gasteiger partial charge is 0.394 e. The number of hydrogen-bond donors (Lipinski definition) is 17. The molecule has 0 aromatic rings. The molecule has 7 aliphatic heterocycles. The lowest BCUT2D eigenvalue weighted by molar-refractivity contribution is -0.404. The monoisotopic (exact) mass is 1260 g/mol. The summed E-state index contributed by atoms with van der Waals surface area (Å²) in [7, 11) is 1.53. The lowest BCUT2D eigenvalue weighted by Gasteiger charge is -2.62. The van der Waals surface area contributed by atoms with Crippen molar-refractivity contribution in [3.8, 4) is 0 Å². The van der Waals surface area contributed by atoms with E-state index >= 15 is 0 Å². The van der Waals surface area contributed by atoms with E-state index in [-0.39, 0.29) is 60.2 Å². The van der Waals surface area contributed by atoms with Gasteiger partial charge in [-0.1, -0.05) is 13.8 Å². The Kier molecular flexibility index (Phi) is 20.0. The molecule has 30 nitrogen and oxygen atoms in total. The van der Waals surface area contributed by atoms with E-state index in [4.69, 9.17) is 61.8 Å².